The fourth-order valence-electron chi connectivity index (χ4n) is 1.47. The van der Waals surface area contributed by atoms with Gasteiger partial charge >= 0.3 is 0 Å². The normalized spacial score (nSPS) is 9.50. The molecule has 0 atom stereocenters. The van der Waals surface area contributed by atoms with Gasteiger partial charge in [-0.15, -0.1) is 0 Å². The predicted octanol–water partition coefficient (Wildman–Crippen LogP) is 0.452. The molecule has 1 amide bonds. The van der Waals surface area contributed by atoms with Gasteiger partial charge in [0.2, 0.25) is 5.91 Å². The van der Waals surface area contributed by atoms with Gasteiger partial charge in [-0.25, -0.2) is 0 Å². The van der Waals surface area contributed by atoms with Crippen molar-refractivity contribution in [3.8, 4) is 6.07 Å². The number of nitrogen functional groups attached to an aromatic ring is 1. The molecule has 1 rings (SSSR count). The summed E-state index contributed by atoms with van der Waals surface area (Å²) in [5, 5.41) is 8.97. The Hall–Kier alpha value is -2.22. The Morgan fingerprint density at radius 3 is 2.75 bits per heavy atom. The van der Waals surface area contributed by atoms with E-state index < -0.39 is 5.91 Å². The standard InChI is InChI=1S/C11H14N4O/c1-2-15(7-11(14)16)10-4-3-9(13)5-8(10)6-12/h3-5H,2,7,13H2,1H3,(H2,14,16). The molecule has 84 valence electrons. The third kappa shape index (κ3) is 2.64. The van der Waals surface area contributed by atoms with E-state index >= 15 is 0 Å². The molecule has 5 nitrogen and oxygen atoms in total. The van der Waals surface area contributed by atoms with Crippen molar-refractivity contribution >= 4 is 17.3 Å². The number of benzene rings is 1. The molecule has 0 aliphatic rings. The van der Waals surface area contributed by atoms with Crippen LogP contribution in [-0.2, 0) is 4.79 Å². The van der Waals surface area contributed by atoms with Gasteiger partial charge in [0.05, 0.1) is 17.8 Å². The Bertz CT molecular complexity index is 436. The lowest BCUT2D eigenvalue weighted by Gasteiger charge is -2.22. The molecule has 5 heteroatoms. The lowest BCUT2D eigenvalue weighted by atomic mass is 10.1. The summed E-state index contributed by atoms with van der Waals surface area (Å²) in [6, 6.07) is 7.05. The maximum atomic E-state index is 10.9. The van der Waals surface area contributed by atoms with Gasteiger partial charge in [-0.05, 0) is 25.1 Å². The fraction of sp³-hybridized carbons (Fsp3) is 0.273. The average Bonchev–Trinajstić information content (AvgIpc) is 2.25. The SMILES string of the molecule is CCN(CC(N)=O)c1ccc(N)cc1C#N. The number of rotatable bonds is 4. The molecule has 0 saturated carbocycles. The first-order valence-corrected chi connectivity index (χ1v) is 4.91. The third-order valence-corrected chi connectivity index (χ3v) is 2.21. The minimum atomic E-state index is -0.428. The van der Waals surface area contributed by atoms with Crippen molar-refractivity contribution in [2.75, 3.05) is 23.7 Å². The summed E-state index contributed by atoms with van der Waals surface area (Å²) in [6.45, 7) is 2.58. The van der Waals surface area contributed by atoms with Crippen molar-refractivity contribution in [3.05, 3.63) is 23.8 Å². The molecule has 1 aromatic carbocycles. The molecule has 0 aliphatic carbocycles. The molecule has 0 unspecified atom stereocenters. The summed E-state index contributed by atoms with van der Waals surface area (Å²) >= 11 is 0. The molecule has 0 aliphatic heterocycles. The van der Waals surface area contributed by atoms with E-state index in [4.69, 9.17) is 16.7 Å². The lowest BCUT2D eigenvalue weighted by molar-refractivity contribution is -0.116. The number of nitrogens with zero attached hydrogens (tertiary/aromatic N) is 2. The van der Waals surface area contributed by atoms with E-state index in [2.05, 4.69) is 6.07 Å². The van der Waals surface area contributed by atoms with Crippen molar-refractivity contribution in [1.29, 1.82) is 5.26 Å². The number of hydrogen-bond donors (Lipinski definition) is 2. The third-order valence-electron chi connectivity index (χ3n) is 2.21. The van der Waals surface area contributed by atoms with Gasteiger partial charge < -0.3 is 16.4 Å². The first-order valence-electron chi connectivity index (χ1n) is 4.91. The zero-order chi connectivity index (χ0) is 12.1. The summed E-state index contributed by atoms with van der Waals surface area (Å²) in [5.74, 6) is -0.428. The maximum Gasteiger partial charge on any atom is 0.236 e. The van der Waals surface area contributed by atoms with Crippen molar-refractivity contribution < 1.29 is 4.79 Å². The monoisotopic (exact) mass is 218 g/mol. The van der Waals surface area contributed by atoms with Crippen LogP contribution < -0.4 is 16.4 Å². The van der Waals surface area contributed by atoms with Crippen LogP contribution in [0.5, 0.6) is 0 Å². The van der Waals surface area contributed by atoms with E-state index in [9.17, 15) is 4.79 Å². The predicted molar refractivity (Wildman–Crippen MR) is 62.7 cm³/mol. The van der Waals surface area contributed by atoms with Crippen LogP contribution in [0.25, 0.3) is 0 Å². The lowest BCUT2D eigenvalue weighted by Crippen LogP contribution is -2.34. The first-order chi connectivity index (χ1) is 7.58. The van der Waals surface area contributed by atoms with Crippen molar-refractivity contribution in [1.82, 2.24) is 0 Å². The number of carbonyl (C=O) groups excluding carboxylic acids is 1. The van der Waals surface area contributed by atoms with Crippen LogP contribution in [0, 0.1) is 11.3 Å². The Kier molecular flexibility index (Phi) is 3.72. The van der Waals surface area contributed by atoms with Crippen LogP contribution in [0.15, 0.2) is 18.2 Å². The molecule has 0 radical (unpaired) electrons. The zero-order valence-corrected chi connectivity index (χ0v) is 9.10. The first kappa shape index (κ1) is 11.9. The quantitative estimate of drug-likeness (QED) is 0.717. The molecule has 0 heterocycles. The van der Waals surface area contributed by atoms with E-state index in [0.717, 1.165) is 0 Å². The van der Waals surface area contributed by atoms with Crippen LogP contribution in [-0.4, -0.2) is 19.0 Å². The molecule has 0 aromatic heterocycles. The molecule has 16 heavy (non-hydrogen) atoms. The van der Waals surface area contributed by atoms with E-state index in [0.29, 0.717) is 23.5 Å². The van der Waals surface area contributed by atoms with E-state index in [1.54, 1.807) is 23.1 Å². The number of likely N-dealkylation sites (N-methyl/N-ethyl adjacent to an activating group) is 1. The summed E-state index contributed by atoms with van der Waals surface area (Å²) in [6.07, 6.45) is 0. The van der Waals surface area contributed by atoms with Gasteiger partial charge in [0.1, 0.15) is 6.07 Å². The number of hydrogen-bond acceptors (Lipinski definition) is 4. The second-order valence-electron chi connectivity index (χ2n) is 3.37. The number of anilines is 2. The zero-order valence-electron chi connectivity index (χ0n) is 9.10. The van der Waals surface area contributed by atoms with Crippen LogP contribution >= 0.6 is 0 Å². The molecule has 0 spiro atoms. The molecular weight excluding hydrogens is 204 g/mol. The average molecular weight is 218 g/mol. The van der Waals surface area contributed by atoms with Crippen molar-refractivity contribution in [3.63, 3.8) is 0 Å². The minimum Gasteiger partial charge on any atom is -0.399 e. The van der Waals surface area contributed by atoms with Crippen molar-refractivity contribution in [2.45, 2.75) is 6.92 Å². The van der Waals surface area contributed by atoms with Crippen LogP contribution in [0.2, 0.25) is 0 Å². The molecule has 1 aromatic rings. The van der Waals surface area contributed by atoms with E-state index in [1.807, 2.05) is 6.92 Å². The Balaban J connectivity index is 3.10. The smallest absolute Gasteiger partial charge is 0.236 e. The van der Waals surface area contributed by atoms with Crippen LogP contribution in [0.4, 0.5) is 11.4 Å². The van der Waals surface area contributed by atoms with Crippen LogP contribution in [0.1, 0.15) is 12.5 Å². The summed E-state index contributed by atoms with van der Waals surface area (Å²) in [4.78, 5) is 12.6. The van der Waals surface area contributed by atoms with Gasteiger partial charge in [0.15, 0.2) is 0 Å². The van der Waals surface area contributed by atoms with E-state index in [-0.39, 0.29) is 6.54 Å². The van der Waals surface area contributed by atoms with Gasteiger partial charge in [-0.2, -0.15) is 5.26 Å². The number of carbonyl (C=O) groups is 1. The molecule has 0 saturated heterocycles. The minimum absolute atomic E-state index is 0.0924. The highest BCUT2D eigenvalue weighted by Gasteiger charge is 2.11. The van der Waals surface area contributed by atoms with E-state index in [1.165, 1.54) is 0 Å². The Morgan fingerprint density at radius 1 is 1.56 bits per heavy atom. The number of nitriles is 1. The second kappa shape index (κ2) is 5.03. The Morgan fingerprint density at radius 2 is 2.25 bits per heavy atom. The Labute approximate surface area is 94.2 Å². The van der Waals surface area contributed by atoms with Gasteiger partial charge in [-0.3, -0.25) is 4.79 Å². The van der Waals surface area contributed by atoms with Gasteiger partial charge in [0.25, 0.3) is 0 Å². The van der Waals surface area contributed by atoms with Gasteiger partial charge in [0, 0.05) is 12.2 Å². The number of primary amides is 1. The molecule has 0 bridgehead atoms. The fourth-order valence-corrected chi connectivity index (χ4v) is 1.47. The highest BCUT2D eigenvalue weighted by molar-refractivity contribution is 5.80. The van der Waals surface area contributed by atoms with Gasteiger partial charge in [-0.1, -0.05) is 0 Å². The summed E-state index contributed by atoms with van der Waals surface area (Å²) in [7, 11) is 0. The molecule has 0 fully saturated rings. The molecule has 4 N–H and O–H groups in total. The number of amides is 1. The number of nitrogens with two attached hydrogens (primary N) is 2. The molecular formula is C11H14N4O. The topological polar surface area (TPSA) is 96.1 Å². The summed E-state index contributed by atoms with van der Waals surface area (Å²) < 4.78 is 0. The largest absolute Gasteiger partial charge is 0.399 e. The summed E-state index contributed by atoms with van der Waals surface area (Å²) in [5.41, 5.74) is 12.4. The second-order valence-corrected chi connectivity index (χ2v) is 3.37. The van der Waals surface area contributed by atoms with Crippen molar-refractivity contribution in [2.24, 2.45) is 5.73 Å². The highest BCUT2D eigenvalue weighted by Crippen LogP contribution is 2.22. The highest BCUT2D eigenvalue weighted by atomic mass is 16.1. The van der Waals surface area contributed by atoms with Crippen LogP contribution in [0.3, 0.4) is 0 Å². The maximum absolute atomic E-state index is 10.9.